The van der Waals surface area contributed by atoms with Crippen molar-refractivity contribution in [3.63, 3.8) is 0 Å². The molecule has 122 valence electrons. The molecule has 1 aromatic carbocycles. The van der Waals surface area contributed by atoms with E-state index in [-0.39, 0.29) is 0 Å². The van der Waals surface area contributed by atoms with Crippen molar-refractivity contribution in [3.05, 3.63) is 47.9 Å². The van der Waals surface area contributed by atoms with Crippen LogP contribution < -0.4 is 14.8 Å². The average molecular weight is 313 g/mol. The van der Waals surface area contributed by atoms with Crippen molar-refractivity contribution in [2.45, 2.75) is 19.4 Å². The van der Waals surface area contributed by atoms with E-state index in [0.29, 0.717) is 0 Å². The first-order valence-electron chi connectivity index (χ1n) is 7.86. The maximum absolute atomic E-state index is 5.45. The Hall–Kier alpha value is -2.40. The zero-order chi connectivity index (χ0) is 16.1. The normalized spacial score (nSPS) is 11.0. The van der Waals surface area contributed by atoms with E-state index in [9.17, 15) is 0 Å². The van der Waals surface area contributed by atoms with Crippen LogP contribution in [-0.2, 0) is 13.0 Å². The highest BCUT2D eigenvalue weighted by Crippen LogP contribution is 2.31. The molecule has 3 rings (SSSR count). The molecule has 0 aliphatic carbocycles. The van der Waals surface area contributed by atoms with E-state index in [1.165, 1.54) is 11.3 Å². The van der Waals surface area contributed by atoms with Crippen LogP contribution in [0.4, 0.5) is 0 Å². The van der Waals surface area contributed by atoms with Gasteiger partial charge in [0.05, 0.1) is 19.7 Å². The molecule has 0 fully saturated rings. The van der Waals surface area contributed by atoms with Gasteiger partial charge in [0.25, 0.3) is 0 Å². The average Bonchev–Trinajstić information content (AvgIpc) is 3.22. The van der Waals surface area contributed by atoms with Gasteiger partial charge in [-0.2, -0.15) is 0 Å². The zero-order valence-electron chi connectivity index (χ0n) is 13.6. The van der Waals surface area contributed by atoms with Crippen molar-refractivity contribution < 1.29 is 9.47 Å². The number of ether oxygens (including phenoxy) is 2. The molecule has 0 saturated carbocycles. The molecule has 0 aliphatic rings. The summed E-state index contributed by atoms with van der Waals surface area (Å²) in [4.78, 5) is 6.52. The highest BCUT2D eigenvalue weighted by atomic mass is 16.5. The Morgan fingerprint density at radius 1 is 1.13 bits per heavy atom. The van der Waals surface area contributed by atoms with Gasteiger partial charge in [-0.3, -0.25) is 0 Å². The molecule has 0 bridgehead atoms. The third-order valence-electron chi connectivity index (χ3n) is 3.98. The minimum Gasteiger partial charge on any atom is -0.497 e. The van der Waals surface area contributed by atoms with E-state index in [0.717, 1.165) is 48.3 Å². The van der Waals surface area contributed by atoms with Gasteiger partial charge < -0.3 is 24.8 Å². The molecule has 0 spiro atoms. The van der Waals surface area contributed by atoms with Crippen molar-refractivity contribution in [1.82, 2.24) is 15.3 Å². The third kappa shape index (κ3) is 3.68. The van der Waals surface area contributed by atoms with Gasteiger partial charge in [0, 0.05) is 42.2 Å². The Morgan fingerprint density at radius 2 is 2.04 bits per heavy atom. The Labute approximate surface area is 136 Å². The molecule has 2 heterocycles. The summed E-state index contributed by atoms with van der Waals surface area (Å²) in [6.07, 6.45) is 6.05. The lowest BCUT2D eigenvalue weighted by molar-refractivity contribution is 0.398. The molecular formula is C18H23N3O2. The highest BCUT2D eigenvalue weighted by Gasteiger charge is 2.09. The molecule has 0 atom stereocenters. The van der Waals surface area contributed by atoms with E-state index in [1.54, 1.807) is 14.2 Å². The van der Waals surface area contributed by atoms with Crippen LogP contribution in [0.25, 0.3) is 10.9 Å². The summed E-state index contributed by atoms with van der Waals surface area (Å²) in [5.74, 6) is 1.64. The number of methoxy groups -OCH3 is 2. The number of rotatable bonds is 8. The first kappa shape index (κ1) is 15.5. The van der Waals surface area contributed by atoms with E-state index >= 15 is 0 Å². The highest BCUT2D eigenvalue weighted by molar-refractivity contribution is 5.88. The second kappa shape index (κ2) is 7.24. The molecule has 0 radical (unpaired) electrons. The van der Waals surface area contributed by atoms with Gasteiger partial charge in [-0.05, 0) is 37.1 Å². The molecule has 0 saturated heterocycles. The summed E-state index contributed by atoms with van der Waals surface area (Å²) in [5, 5.41) is 4.55. The van der Waals surface area contributed by atoms with Gasteiger partial charge in [0.15, 0.2) is 0 Å². The molecule has 23 heavy (non-hydrogen) atoms. The standard InChI is InChI=1S/C18H23N3O2/c1-22-15-9-17-16(18(10-15)23-2)8-14(21-17)4-3-6-19-11-13-5-7-20-12-13/h5,7-10,12,19-21H,3-4,6,11H2,1-2H3. The SMILES string of the molecule is COc1cc(OC)c2cc(CCCNCc3cc[nH]c3)[nH]c2c1. The molecule has 3 N–H and O–H groups in total. The van der Waals surface area contributed by atoms with Gasteiger partial charge >= 0.3 is 0 Å². The Balaban J connectivity index is 1.57. The lowest BCUT2D eigenvalue weighted by Gasteiger charge is -2.04. The van der Waals surface area contributed by atoms with Crippen LogP contribution in [0.5, 0.6) is 11.5 Å². The van der Waals surface area contributed by atoms with Crippen molar-refractivity contribution in [3.8, 4) is 11.5 Å². The van der Waals surface area contributed by atoms with E-state index in [1.807, 2.05) is 24.5 Å². The molecule has 0 aliphatic heterocycles. The Bertz CT molecular complexity index is 747. The Morgan fingerprint density at radius 3 is 2.78 bits per heavy atom. The number of hydrogen-bond donors (Lipinski definition) is 3. The maximum Gasteiger partial charge on any atom is 0.131 e. The smallest absolute Gasteiger partial charge is 0.131 e. The third-order valence-corrected chi connectivity index (χ3v) is 3.98. The fraction of sp³-hybridized carbons (Fsp3) is 0.333. The van der Waals surface area contributed by atoms with Gasteiger partial charge in [-0.15, -0.1) is 0 Å². The van der Waals surface area contributed by atoms with Gasteiger partial charge in [-0.25, -0.2) is 0 Å². The molecule has 0 unspecified atom stereocenters. The van der Waals surface area contributed by atoms with Crippen molar-refractivity contribution in [2.75, 3.05) is 20.8 Å². The number of H-pyrrole nitrogens is 2. The number of aromatic amines is 2. The van der Waals surface area contributed by atoms with Crippen LogP contribution in [0.3, 0.4) is 0 Å². The number of fused-ring (bicyclic) bond motifs is 1. The topological polar surface area (TPSA) is 62.1 Å². The van der Waals surface area contributed by atoms with Crippen molar-refractivity contribution in [2.24, 2.45) is 0 Å². The predicted molar refractivity (Wildman–Crippen MR) is 92.2 cm³/mol. The lowest BCUT2D eigenvalue weighted by Crippen LogP contribution is -2.14. The van der Waals surface area contributed by atoms with Crippen molar-refractivity contribution >= 4 is 10.9 Å². The van der Waals surface area contributed by atoms with Crippen molar-refractivity contribution in [1.29, 1.82) is 0 Å². The fourth-order valence-electron chi connectivity index (χ4n) is 2.76. The number of benzene rings is 1. The Kier molecular flexibility index (Phi) is 4.88. The predicted octanol–water partition coefficient (Wildman–Crippen LogP) is 3.24. The molecule has 3 aromatic rings. The van der Waals surface area contributed by atoms with Crippen LogP contribution in [0.2, 0.25) is 0 Å². The molecule has 5 nitrogen and oxygen atoms in total. The number of nitrogens with one attached hydrogen (secondary N) is 3. The van der Waals surface area contributed by atoms with E-state index in [4.69, 9.17) is 9.47 Å². The minimum atomic E-state index is 0.802. The van der Waals surface area contributed by atoms with Crippen LogP contribution in [0.1, 0.15) is 17.7 Å². The summed E-state index contributed by atoms with van der Waals surface area (Å²) in [7, 11) is 3.35. The first-order valence-corrected chi connectivity index (χ1v) is 7.86. The molecular weight excluding hydrogens is 290 g/mol. The molecule has 0 amide bonds. The van der Waals surface area contributed by atoms with Gasteiger partial charge in [0.2, 0.25) is 0 Å². The van der Waals surface area contributed by atoms with Crippen LogP contribution in [-0.4, -0.2) is 30.7 Å². The summed E-state index contributed by atoms with van der Waals surface area (Å²) < 4.78 is 10.8. The largest absolute Gasteiger partial charge is 0.497 e. The second-order valence-corrected chi connectivity index (χ2v) is 5.59. The van der Waals surface area contributed by atoms with Gasteiger partial charge in [0.1, 0.15) is 11.5 Å². The first-order chi connectivity index (χ1) is 11.3. The zero-order valence-corrected chi connectivity index (χ0v) is 13.6. The van der Waals surface area contributed by atoms with Gasteiger partial charge in [-0.1, -0.05) is 0 Å². The van der Waals surface area contributed by atoms with Crippen LogP contribution in [0, 0.1) is 0 Å². The summed E-state index contributed by atoms with van der Waals surface area (Å²) in [6, 6.07) is 8.17. The van der Waals surface area contributed by atoms with E-state index in [2.05, 4.69) is 27.4 Å². The maximum atomic E-state index is 5.45. The number of hydrogen-bond acceptors (Lipinski definition) is 3. The molecule has 5 heteroatoms. The number of aromatic nitrogens is 2. The quantitative estimate of drug-likeness (QED) is 0.560. The minimum absolute atomic E-state index is 0.802. The number of aryl methyl sites for hydroxylation is 1. The lowest BCUT2D eigenvalue weighted by atomic mass is 10.2. The summed E-state index contributed by atoms with van der Waals surface area (Å²) >= 11 is 0. The monoisotopic (exact) mass is 313 g/mol. The van der Waals surface area contributed by atoms with E-state index < -0.39 is 0 Å². The van der Waals surface area contributed by atoms with Crippen LogP contribution in [0.15, 0.2) is 36.7 Å². The molecule has 2 aromatic heterocycles. The van der Waals surface area contributed by atoms with Crippen LogP contribution >= 0.6 is 0 Å². The summed E-state index contributed by atoms with van der Waals surface area (Å²) in [5.41, 5.74) is 3.55. The fourth-order valence-corrected chi connectivity index (χ4v) is 2.76. The second-order valence-electron chi connectivity index (χ2n) is 5.59. The summed E-state index contributed by atoms with van der Waals surface area (Å²) in [6.45, 7) is 1.89.